The average Bonchev–Trinajstić information content (AvgIpc) is 2.54. The van der Waals surface area contributed by atoms with Gasteiger partial charge in [0.25, 0.3) is 0 Å². The number of aliphatic hydroxyl groups excluding tert-OH is 1. The molecule has 1 aliphatic heterocycles. The van der Waals surface area contributed by atoms with Crippen LogP contribution in [0, 0.1) is 12.8 Å². The number of carbonyl (C=O) groups is 1. The number of hydrogen-bond acceptors (Lipinski definition) is 4. The SMILES string of the molecule is Cc1ccc(SCCNC(=O)CN2CCC(CO)CC2)cc1. The van der Waals surface area contributed by atoms with Crippen LogP contribution in [0.15, 0.2) is 29.2 Å². The maximum Gasteiger partial charge on any atom is 0.234 e. The summed E-state index contributed by atoms with van der Waals surface area (Å²) in [6, 6.07) is 8.45. The van der Waals surface area contributed by atoms with Crippen LogP contribution in [0.1, 0.15) is 18.4 Å². The van der Waals surface area contributed by atoms with Crippen LogP contribution < -0.4 is 5.32 Å². The first-order valence-corrected chi connectivity index (χ1v) is 8.95. The minimum absolute atomic E-state index is 0.104. The summed E-state index contributed by atoms with van der Waals surface area (Å²) in [6.45, 7) is 5.36. The lowest BCUT2D eigenvalue weighted by atomic mass is 9.98. The van der Waals surface area contributed by atoms with Crippen molar-refractivity contribution >= 4 is 17.7 Å². The van der Waals surface area contributed by atoms with Crippen molar-refractivity contribution in [2.75, 3.05) is 38.5 Å². The molecule has 0 aliphatic carbocycles. The first-order chi connectivity index (χ1) is 10.7. The van der Waals surface area contributed by atoms with Gasteiger partial charge in [0, 0.05) is 23.8 Å². The molecule has 0 unspecified atom stereocenters. The van der Waals surface area contributed by atoms with Gasteiger partial charge in [-0.3, -0.25) is 9.69 Å². The molecule has 0 atom stereocenters. The van der Waals surface area contributed by atoms with Crippen molar-refractivity contribution in [3.63, 3.8) is 0 Å². The number of nitrogens with zero attached hydrogens (tertiary/aromatic N) is 1. The van der Waals surface area contributed by atoms with Gasteiger partial charge in [-0.25, -0.2) is 0 Å². The Kier molecular flexibility index (Phi) is 7.22. The number of thioether (sulfide) groups is 1. The van der Waals surface area contributed by atoms with Gasteiger partial charge >= 0.3 is 0 Å². The molecule has 0 saturated carbocycles. The fraction of sp³-hybridized carbons (Fsp3) is 0.588. The largest absolute Gasteiger partial charge is 0.396 e. The van der Waals surface area contributed by atoms with Crippen LogP contribution in [-0.2, 0) is 4.79 Å². The normalized spacial score (nSPS) is 16.6. The highest BCUT2D eigenvalue weighted by Crippen LogP contribution is 2.17. The Bertz CT molecular complexity index is 456. The number of carbonyl (C=O) groups excluding carboxylic acids is 1. The highest BCUT2D eigenvalue weighted by molar-refractivity contribution is 7.99. The van der Waals surface area contributed by atoms with Crippen LogP contribution in [0.25, 0.3) is 0 Å². The van der Waals surface area contributed by atoms with E-state index in [1.807, 2.05) is 0 Å². The van der Waals surface area contributed by atoms with Crippen molar-refractivity contribution in [2.24, 2.45) is 5.92 Å². The molecule has 1 aromatic rings. The summed E-state index contributed by atoms with van der Waals surface area (Å²) in [7, 11) is 0. The molecule has 22 heavy (non-hydrogen) atoms. The lowest BCUT2D eigenvalue weighted by molar-refractivity contribution is -0.122. The van der Waals surface area contributed by atoms with E-state index in [2.05, 4.69) is 41.4 Å². The van der Waals surface area contributed by atoms with Gasteiger partial charge < -0.3 is 10.4 Å². The van der Waals surface area contributed by atoms with Crippen LogP contribution in [-0.4, -0.2) is 54.5 Å². The molecule has 1 amide bonds. The number of likely N-dealkylation sites (tertiary alicyclic amines) is 1. The van der Waals surface area contributed by atoms with Gasteiger partial charge in [-0.1, -0.05) is 17.7 Å². The Balaban J connectivity index is 1.57. The van der Waals surface area contributed by atoms with E-state index in [0.717, 1.165) is 31.7 Å². The number of nitrogens with one attached hydrogen (secondary N) is 1. The van der Waals surface area contributed by atoms with Gasteiger partial charge in [0.05, 0.1) is 6.54 Å². The van der Waals surface area contributed by atoms with E-state index in [1.165, 1.54) is 10.5 Å². The summed E-state index contributed by atoms with van der Waals surface area (Å²) in [6.07, 6.45) is 1.99. The standard InChI is InChI=1S/C17H26N2O2S/c1-14-2-4-16(5-3-14)22-11-8-18-17(21)12-19-9-6-15(13-20)7-10-19/h2-5,15,20H,6-13H2,1H3,(H,18,21). The number of piperidine rings is 1. The van der Waals surface area contributed by atoms with Gasteiger partial charge in [0.1, 0.15) is 0 Å². The number of rotatable bonds is 7. The molecule has 2 rings (SSSR count). The molecule has 0 aromatic heterocycles. The minimum Gasteiger partial charge on any atom is -0.396 e. The maximum absolute atomic E-state index is 11.9. The minimum atomic E-state index is 0.104. The van der Waals surface area contributed by atoms with E-state index >= 15 is 0 Å². The second-order valence-corrected chi connectivity index (χ2v) is 7.08. The fourth-order valence-electron chi connectivity index (χ4n) is 2.58. The summed E-state index contributed by atoms with van der Waals surface area (Å²) in [5.74, 6) is 1.42. The van der Waals surface area contributed by atoms with Crippen LogP contribution in [0.4, 0.5) is 0 Å². The van der Waals surface area contributed by atoms with Crippen LogP contribution in [0.2, 0.25) is 0 Å². The lowest BCUT2D eigenvalue weighted by Crippen LogP contribution is -2.42. The molecule has 1 aliphatic rings. The second kappa shape index (κ2) is 9.18. The smallest absolute Gasteiger partial charge is 0.234 e. The molecule has 5 heteroatoms. The number of benzene rings is 1. The van der Waals surface area contributed by atoms with Crippen molar-refractivity contribution in [2.45, 2.75) is 24.7 Å². The van der Waals surface area contributed by atoms with Crippen molar-refractivity contribution in [1.29, 1.82) is 0 Å². The number of hydrogen-bond donors (Lipinski definition) is 2. The van der Waals surface area contributed by atoms with Gasteiger partial charge in [-0.05, 0) is 50.9 Å². The predicted molar refractivity (Wildman–Crippen MR) is 91.2 cm³/mol. The molecule has 122 valence electrons. The highest BCUT2D eigenvalue weighted by atomic mass is 32.2. The van der Waals surface area contributed by atoms with Crippen LogP contribution in [0.3, 0.4) is 0 Å². The van der Waals surface area contributed by atoms with E-state index in [4.69, 9.17) is 5.11 Å². The molecule has 4 nitrogen and oxygen atoms in total. The third-order valence-electron chi connectivity index (χ3n) is 4.05. The number of aryl methyl sites for hydroxylation is 1. The zero-order valence-corrected chi connectivity index (χ0v) is 14.1. The van der Waals surface area contributed by atoms with Gasteiger partial charge in [-0.2, -0.15) is 0 Å². The molecule has 1 saturated heterocycles. The summed E-state index contributed by atoms with van der Waals surface area (Å²) in [5, 5.41) is 12.1. The average molecular weight is 322 g/mol. The molecular weight excluding hydrogens is 296 g/mol. The molecule has 0 bridgehead atoms. The number of amides is 1. The summed E-state index contributed by atoms with van der Waals surface area (Å²) in [5.41, 5.74) is 1.27. The maximum atomic E-state index is 11.9. The Morgan fingerprint density at radius 2 is 2.00 bits per heavy atom. The first kappa shape index (κ1) is 17.3. The Morgan fingerprint density at radius 3 is 2.64 bits per heavy atom. The van der Waals surface area contributed by atoms with Crippen molar-refractivity contribution < 1.29 is 9.90 Å². The van der Waals surface area contributed by atoms with E-state index in [9.17, 15) is 4.79 Å². The van der Waals surface area contributed by atoms with E-state index in [1.54, 1.807) is 11.8 Å². The lowest BCUT2D eigenvalue weighted by Gasteiger charge is -2.30. The van der Waals surface area contributed by atoms with E-state index < -0.39 is 0 Å². The molecular formula is C17H26N2O2S. The third kappa shape index (κ3) is 5.99. The van der Waals surface area contributed by atoms with Gasteiger partial charge in [-0.15, -0.1) is 11.8 Å². The van der Waals surface area contributed by atoms with E-state index in [-0.39, 0.29) is 12.5 Å². The fourth-order valence-corrected chi connectivity index (χ4v) is 3.35. The molecule has 1 aromatic carbocycles. The molecule has 1 fully saturated rings. The van der Waals surface area contributed by atoms with Crippen LogP contribution in [0.5, 0.6) is 0 Å². The first-order valence-electron chi connectivity index (χ1n) is 7.97. The molecule has 2 N–H and O–H groups in total. The molecule has 1 heterocycles. The third-order valence-corrected chi connectivity index (χ3v) is 5.06. The summed E-state index contributed by atoms with van der Waals surface area (Å²) < 4.78 is 0. The predicted octanol–water partition coefficient (Wildman–Crippen LogP) is 1.91. The monoisotopic (exact) mass is 322 g/mol. The molecule has 0 spiro atoms. The number of aliphatic hydroxyl groups is 1. The Labute approximate surface area is 137 Å². The zero-order valence-electron chi connectivity index (χ0n) is 13.3. The second-order valence-electron chi connectivity index (χ2n) is 5.91. The Hall–Kier alpha value is -1.04. The van der Waals surface area contributed by atoms with E-state index in [0.29, 0.717) is 19.0 Å². The summed E-state index contributed by atoms with van der Waals surface area (Å²) in [4.78, 5) is 15.3. The van der Waals surface area contributed by atoms with Crippen molar-refractivity contribution in [3.05, 3.63) is 29.8 Å². The highest BCUT2D eigenvalue weighted by Gasteiger charge is 2.19. The molecule has 0 radical (unpaired) electrons. The zero-order chi connectivity index (χ0) is 15.8. The van der Waals surface area contributed by atoms with Crippen molar-refractivity contribution in [1.82, 2.24) is 10.2 Å². The Morgan fingerprint density at radius 1 is 1.32 bits per heavy atom. The van der Waals surface area contributed by atoms with Crippen molar-refractivity contribution in [3.8, 4) is 0 Å². The quantitative estimate of drug-likeness (QED) is 0.595. The van der Waals surface area contributed by atoms with Gasteiger partial charge in [0.15, 0.2) is 0 Å². The van der Waals surface area contributed by atoms with Crippen LogP contribution >= 0.6 is 11.8 Å². The summed E-state index contributed by atoms with van der Waals surface area (Å²) >= 11 is 1.76. The van der Waals surface area contributed by atoms with Gasteiger partial charge in [0.2, 0.25) is 5.91 Å². The topological polar surface area (TPSA) is 52.6 Å².